The maximum Gasteiger partial charge on any atom is 0.255 e. The molecular formula is C25H34N2O6S. The Morgan fingerprint density at radius 2 is 1.56 bits per heavy atom. The number of carbonyl (C=O) groups excluding carboxylic acids is 1. The smallest absolute Gasteiger partial charge is 0.255 e. The number of nitrogens with zero attached hydrogens (tertiary/aromatic N) is 1. The first kappa shape index (κ1) is 25.8. The van der Waals surface area contributed by atoms with Gasteiger partial charge in [0.15, 0.2) is 11.5 Å². The highest BCUT2D eigenvalue weighted by Crippen LogP contribution is 2.32. The first-order chi connectivity index (χ1) is 16.4. The predicted molar refractivity (Wildman–Crippen MR) is 132 cm³/mol. The van der Waals surface area contributed by atoms with Crippen molar-refractivity contribution in [1.82, 2.24) is 4.31 Å². The molecule has 0 saturated carbocycles. The van der Waals surface area contributed by atoms with Crippen LogP contribution in [0.25, 0.3) is 0 Å². The average molecular weight is 491 g/mol. The summed E-state index contributed by atoms with van der Waals surface area (Å²) < 4.78 is 45.1. The molecule has 1 N–H and O–H groups in total. The fourth-order valence-corrected chi connectivity index (χ4v) is 5.43. The molecule has 0 radical (unpaired) electrons. The zero-order chi connectivity index (χ0) is 24.6. The Kier molecular flexibility index (Phi) is 9.18. The van der Waals surface area contributed by atoms with Gasteiger partial charge in [-0.1, -0.05) is 13.3 Å². The van der Waals surface area contributed by atoms with Gasteiger partial charge in [-0.05, 0) is 69.5 Å². The molecule has 1 saturated heterocycles. The van der Waals surface area contributed by atoms with Crippen molar-refractivity contribution >= 4 is 21.6 Å². The van der Waals surface area contributed by atoms with Crippen molar-refractivity contribution in [2.45, 2.75) is 51.3 Å². The van der Waals surface area contributed by atoms with Crippen LogP contribution in [0.15, 0.2) is 41.3 Å². The lowest BCUT2D eigenvalue weighted by Crippen LogP contribution is -2.35. The summed E-state index contributed by atoms with van der Waals surface area (Å²) in [6.07, 6.45) is 3.54. The molecule has 186 valence electrons. The fourth-order valence-electron chi connectivity index (χ4n) is 3.76. The molecule has 8 nitrogen and oxygen atoms in total. The topological polar surface area (TPSA) is 94.2 Å². The van der Waals surface area contributed by atoms with E-state index in [4.69, 9.17) is 14.2 Å². The van der Waals surface area contributed by atoms with E-state index in [0.717, 1.165) is 25.7 Å². The van der Waals surface area contributed by atoms with Gasteiger partial charge in [0.2, 0.25) is 10.0 Å². The molecule has 0 atom stereocenters. The predicted octanol–water partition coefficient (Wildman–Crippen LogP) is 4.70. The van der Waals surface area contributed by atoms with Crippen molar-refractivity contribution in [3.05, 3.63) is 42.0 Å². The minimum absolute atomic E-state index is 0.0624. The Balaban J connectivity index is 1.87. The van der Waals surface area contributed by atoms with E-state index in [1.165, 1.54) is 10.4 Å². The van der Waals surface area contributed by atoms with Crippen molar-refractivity contribution in [1.29, 1.82) is 0 Å². The number of sulfonamides is 1. The number of nitrogens with one attached hydrogen (secondary N) is 1. The molecule has 1 amide bonds. The van der Waals surface area contributed by atoms with Crippen LogP contribution in [0.3, 0.4) is 0 Å². The van der Waals surface area contributed by atoms with Crippen LogP contribution in [-0.4, -0.2) is 51.5 Å². The van der Waals surface area contributed by atoms with Crippen LogP contribution < -0.4 is 19.5 Å². The molecule has 2 aromatic carbocycles. The lowest BCUT2D eigenvalue weighted by molar-refractivity contribution is 0.102. The zero-order valence-corrected chi connectivity index (χ0v) is 20.9. The molecular weight excluding hydrogens is 456 g/mol. The van der Waals surface area contributed by atoms with Crippen LogP contribution in [0.4, 0.5) is 5.69 Å². The van der Waals surface area contributed by atoms with E-state index in [-0.39, 0.29) is 16.6 Å². The molecule has 0 spiro atoms. The monoisotopic (exact) mass is 490 g/mol. The SMILES string of the molecule is CCCOc1ccc(C(=O)Nc2ccc(OCC)c(S(=O)(=O)N3CCCCC3)c2)cc1OCC. The molecule has 0 aromatic heterocycles. The van der Waals surface area contributed by atoms with E-state index in [9.17, 15) is 13.2 Å². The molecule has 1 heterocycles. The van der Waals surface area contributed by atoms with Crippen molar-refractivity contribution < 1.29 is 27.4 Å². The van der Waals surface area contributed by atoms with Gasteiger partial charge in [0.05, 0.1) is 19.8 Å². The minimum Gasteiger partial charge on any atom is -0.492 e. The normalized spacial score (nSPS) is 14.4. The van der Waals surface area contributed by atoms with Gasteiger partial charge < -0.3 is 19.5 Å². The summed E-state index contributed by atoms with van der Waals surface area (Å²) in [6.45, 7) is 7.96. The van der Waals surface area contributed by atoms with Crippen molar-refractivity contribution in [2.75, 3.05) is 38.2 Å². The number of rotatable bonds is 11. The number of hydrogen-bond donors (Lipinski definition) is 1. The fraction of sp³-hybridized carbons (Fsp3) is 0.480. The van der Waals surface area contributed by atoms with Gasteiger partial charge >= 0.3 is 0 Å². The standard InChI is InChI=1S/C25H34N2O6S/c1-4-16-33-21-12-10-19(17-23(21)32-6-3)25(28)26-20-11-13-22(31-5-2)24(18-20)34(29,30)27-14-8-7-9-15-27/h10-13,17-18H,4-9,14-16H2,1-3H3,(H,26,28). The second-order valence-electron chi connectivity index (χ2n) is 7.96. The lowest BCUT2D eigenvalue weighted by Gasteiger charge is -2.27. The Hall–Kier alpha value is -2.78. The van der Waals surface area contributed by atoms with E-state index in [1.807, 2.05) is 13.8 Å². The quantitative estimate of drug-likeness (QED) is 0.491. The summed E-state index contributed by atoms with van der Waals surface area (Å²) in [5.74, 6) is 0.968. The summed E-state index contributed by atoms with van der Waals surface area (Å²) in [6, 6.07) is 9.69. The van der Waals surface area contributed by atoms with Crippen LogP contribution in [0.5, 0.6) is 17.2 Å². The second-order valence-corrected chi connectivity index (χ2v) is 9.86. The van der Waals surface area contributed by atoms with Crippen LogP contribution >= 0.6 is 0 Å². The van der Waals surface area contributed by atoms with Crippen LogP contribution in [0.2, 0.25) is 0 Å². The van der Waals surface area contributed by atoms with Crippen LogP contribution in [0.1, 0.15) is 56.8 Å². The van der Waals surface area contributed by atoms with Gasteiger partial charge in [-0.2, -0.15) is 4.31 Å². The number of hydrogen-bond acceptors (Lipinski definition) is 6. The lowest BCUT2D eigenvalue weighted by atomic mass is 10.1. The molecule has 0 aliphatic carbocycles. The van der Waals surface area contributed by atoms with E-state index in [0.29, 0.717) is 55.7 Å². The minimum atomic E-state index is -3.75. The Morgan fingerprint density at radius 3 is 2.24 bits per heavy atom. The molecule has 1 aliphatic heterocycles. The van der Waals surface area contributed by atoms with E-state index >= 15 is 0 Å². The van der Waals surface area contributed by atoms with Crippen LogP contribution in [0, 0.1) is 0 Å². The highest BCUT2D eigenvalue weighted by atomic mass is 32.2. The molecule has 3 rings (SSSR count). The molecule has 0 bridgehead atoms. The van der Waals surface area contributed by atoms with Gasteiger partial charge in [-0.25, -0.2) is 8.42 Å². The first-order valence-corrected chi connectivity index (χ1v) is 13.3. The first-order valence-electron chi connectivity index (χ1n) is 11.9. The van der Waals surface area contributed by atoms with Crippen LogP contribution in [-0.2, 0) is 10.0 Å². The van der Waals surface area contributed by atoms with E-state index in [1.54, 1.807) is 37.3 Å². The average Bonchev–Trinajstić information content (AvgIpc) is 2.85. The van der Waals surface area contributed by atoms with Crippen molar-refractivity contribution in [3.8, 4) is 17.2 Å². The number of benzene rings is 2. The second kappa shape index (κ2) is 12.1. The zero-order valence-electron chi connectivity index (χ0n) is 20.1. The third-order valence-electron chi connectivity index (χ3n) is 5.40. The summed E-state index contributed by atoms with van der Waals surface area (Å²) in [4.78, 5) is 13.0. The Bertz CT molecular complexity index is 1080. The molecule has 0 unspecified atom stereocenters. The van der Waals surface area contributed by atoms with Gasteiger partial charge in [-0.15, -0.1) is 0 Å². The molecule has 34 heavy (non-hydrogen) atoms. The van der Waals surface area contributed by atoms with Gasteiger partial charge in [0, 0.05) is 24.3 Å². The summed E-state index contributed by atoms with van der Waals surface area (Å²) in [7, 11) is -3.75. The number of amides is 1. The Labute approximate surface area is 202 Å². The molecule has 9 heteroatoms. The summed E-state index contributed by atoms with van der Waals surface area (Å²) in [5, 5.41) is 2.80. The largest absolute Gasteiger partial charge is 0.492 e. The highest BCUT2D eigenvalue weighted by Gasteiger charge is 2.29. The van der Waals surface area contributed by atoms with Crippen molar-refractivity contribution in [2.24, 2.45) is 0 Å². The maximum atomic E-state index is 13.3. The van der Waals surface area contributed by atoms with E-state index < -0.39 is 10.0 Å². The van der Waals surface area contributed by atoms with Gasteiger partial charge in [-0.3, -0.25) is 4.79 Å². The number of carbonyl (C=O) groups is 1. The number of ether oxygens (including phenoxy) is 3. The molecule has 2 aromatic rings. The third kappa shape index (κ3) is 6.21. The van der Waals surface area contributed by atoms with Gasteiger partial charge in [0.25, 0.3) is 5.91 Å². The Morgan fingerprint density at radius 1 is 0.882 bits per heavy atom. The highest BCUT2D eigenvalue weighted by molar-refractivity contribution is 7.89. The third-order valence-corrected chi connectivity index (χ3v) is 7.32. The van der Waals surface area contributed by atoms with Gasteiger partial charge in [0.1, 0.15) is 10.6 Å². The maximum absolute atomic E-state index is 13.3. The summed E-state index contributed by atoms with van der Waals surface area (Å²) in [5.41, 5.74) is 0.745. The van der Waals surface area contributed by atoms with E-state index in [2.05, 4.69) is 5.32 Å². The number of piperidine rings is 1. The summed E-state index contributed by atoms with van der Waals surface area (Å²) >= 11 is 0. The van der Waals surface area contributed by atoms with Crippen molar-refractivity contribution in [3.63, 3.8) is 0 Å². The molecule has 1 aliphatic rings. The molecule has 1 fully saturated rings. The number of anilines is 1.